The van der Waals surface area contributed by atoms with Crippen LogP contribution in [0.3, 0.4) is 0 Å². The Hall–Kier alpha value is -1.67. The van der Waals surface area contributed by atoms with Gasteiger partial charge in [-0.3, -0.25) is 0 Å². The van der Waals surface area contributed by atoms with Crippen molar-refractivity contribution in [2.75, 3.05) is 0 Å². The zero-order valence-corrected chi connectivity index (χ0v) is 10.7. The van der Waals surface area contributed by atoms with Crippen molar-refractivity contribution in [1.82, 2.24) is 0 Å². The molecule has 1 saturated carbocycles. The van der Waals surface area contributed by atoms with Crippen molar-refractivity contribution in [1.29, 1.82) is 0 Å². The molecule has 1 N–H and O–H groups in total. The van der Waals surface area contributed by atoms with Crippen LogP contribution in [0.25, 0.3) is 0 Å². The summed E-state index contributed by atoms with van der Waals surface area (Å²) < 4.78 is 14.1. The van der Waals surface area contributed by atoms with Crippen LogP contribution in [-0.4, -0.2) is 5.11 Å². The molecule has 0 heterocycles. The Kier molecular flexibility index (Phi) is 3.11. The first kappa shape index (κ1) is 12.4. The SMILES string of the molecule is OC(c1ccccc1)(c1ccccc1F)C1CCC1. The zero-order valence-electron chi connectivity index (χ0n) is 10.7. The molecular weight excluding hydrogens is 239 g/mol. The summed E-state index contributed by atoms with van der Waals surface area (Å²) in [5.41, 5.74) is -0.0269. The zero-order chi connectivity index (χ0) is 13.3. The van der Waals surface area contributed by atoms with Gasteiger partial charge in [-0.05, 0) is 30.4 Å². The quantitative estimate of drug-likeness (QED) is 0.884. The van der Waals surface area contributed by atoms with Crippen molar-refractivity contribution < 1.29 is 9.50 Å². The molecule has 0 bridgehead atoms. The van der Waals surface area contributed by atoms with E-state index in [9.17, 15) is 9.50 Å². The molecule has 1 aliphatic rings. The molecular formula is C17H17FO. The van der Waals surface area contributed by atoms with E-state index in [4.69, 9.17) is 0 Å². The molecule has 0 amide bonds. The third kappa shape index (κ3) is 1.96. The van der Waals surface area contributed by atoms with Gasteiger partial charge < -0.3 is 5.11 Å². The number of benzene rings is 2. The van der Waals surface area contributed by atoms with Gasteiger partial charge in [0.15, 0.2) is 0 Å². The molecule has 0 aromatic heterocycles. The largest absolute Gasteiger partial charge is 0.380 e. The van der Waals surface area contributed by atoms with E-state index in [-0.39, 0.29) is 11.7 Å². The van der Waals surface area contributed by atoms with Gasteiger partial charge in [-0.15, -0.1) is 0 Å². The van der Waals surface area contributed by atoms with Gasteiger partial charge in [0.1, 0.15) is 11.4 Å². The van der Waals surface area contributed by atoms with Gasteiger partial charge in [0.25, 0.3) is 0 Å². The van der Waals surface area contributed by atoms with Gasteiger partial charge in [-0.2, -0.15) is 0 Å². The average molecular weight is 256 g/mol. The van der Waals surface area contributed by atoms with Crippen molar-refractivity contribution in [3.05, 3.63) is 71.5 Å². The van der Waals surface area contributed by atoms with Crippen LogP contribution in [0.1, 0.15) is 30.4 Å². The predicted molar refractivity (Wildman–Crippen MR) is 73.2 cm³/mol. The summed E-state index contributed by atoms with van der Waals surface area (Å²) >= 11 is 0. The summed E-state index contributed by atoms with van der Waals surface area (Å²) in [4.78, 5) is 0. The molecule has 1 aliphatic carbocycles. The first-order valence-corrected chi connectivity index (χ1v) is 6.76. The highest BCUT2D eigenvalue weighted by Gasteiger charge is 2.44. The highest BCUT2D eigenvalue weighted by Crippen LogP contribution is 2.47. The maximum Gasteiger partial charge on any atom is 0.129 e. The first-order chi connectivity index (χ1) is 9.23. The fourth-order valence-corrected chi connectivity index (χ4v) is 2.90. The molecule has 2 heteroatoms. The van der Waals surface area contributed by atoms with Crippen molar-refractivity contribution in [3.63, 3.8) is 0 Å². The highest BCUT2D eigenvalue weighted by molar-refractivity contribution is 5.38. The van der Waals surface area contributed by atoms with E-state index in [1.807, 2.05) is 30.3 Å². The normalized spacial score (nSPS) is 18.6. The lowest BCUT2D eigenvalue weighted by atomic mass is 9.66. The molecule has 2 aromatic rings. The van der Waals surface area contributed by atoms with Crippen molar-refractivity contribution in [2.24, 2.45) is 5.92 Å². The maximum absolute atomic E-state index is 14.1. The van der Waals surface area contributed by atoms with Crippen molar-refractivity contribution in [3.8, 4) is 0 Å². The Morgan fingerprint density at radius 3 is 2.16 bits per heavy atom. The number of rotatable bonds is 3. The van der Waals surface area contributed by atoms with Crippen LogP contribution in [0.15, 0.2) is 54.6 Å². The van der Waals surface area contributed by atoms with Gasteiger partial charge in [-0.25, -0.2) is 4.39 Å². The van der Waals surface area contributed by atoms with Gasteiger partial charge in [0.05, 0.1) is 0 Å². The van der Waals surface area contributed by atoms with E-state index in [1.54, 1.807) is 18.2 Å². The number of aliphatic hydroxyl groups is 1. The predicted octanol–water partition coefficient (Wildman–Crippen LogP) is 3.86. The van der Waals surface area contributed by atoms with E-state index in [0.717, 1.165) is 24.8 Å². The second kappa shape index (κ2) is 4.78. The van der Waals surface area contributed by atoms with Crippen molar-refractivity contribution in [2.45, 2.75) is 24.9 Å². The number of hydrogen-bond acceptors (Lipinski definition) is 1. The second-order valence-corrected chi connectivity index (χ2v) is 5.24. The molecule has 19 heavy (non-hydrogen) atoms. The van der Waals surface area contributed by atoms with Crippen molar-refractivity contribution >= 4 is 0 Å². The summed E-state index contributed by atoms with van der Waals surface area (Å²) in [6.45, 7) is 0. The van der Waals surface area contributed by atoms with Crippen LogP contribution in [0.4, 0.5) is 4.39 Å². The van der Waals surface area contributed by atoms with Crippen LogP contribution >= 0.6 is 0 Å². The van der Waals surface area contributed by atoms with E-state index in [2.05, 4.69) is 0 Å². The van der Waals surface area contributed by atoms with Gasteiger partial charge >= 0.3 is 0 Å². The first-order valence-electron chi connectivity index (χ1n) is 6.76. The Labute approximate surface area is 112 Å². The van der Waals surface area contributed by atoms with E-state index in [1.165, 1.54) is 6.07 Å². The second-order valence-electron chi connectivity index (χ2n) is 5.24. The molecule has 98 valence electrons. The highest BCUT2D eigenvalue weighted by atomic mass is 19.1. The minimum absolute atomic E-state index is 0.104. The third-order valence-corrected chi connectivity index (χ3v) is 4.19. The molecule has 1 nitrogen and oxygen atoms in total. The monoisotopic (exact) mass is 256 g/mol. The molecule has 1 unspecified atom stereocenters. The molecule has 3 rings (SSSR count). The fraction of sp³-hybridized carbons (Fsp3) is 0.294. The maximum atomic E-state index is 14.1. The number of halogens is 1. The molecule has 0 radical (unpaired) electrons. The average Bonchev–Trinajstić information content (AvgIpc) is 2.38. The van der Waals surface area contributed by atoms with E-state index in [0.29, 0.717) is 5.56 Å². The molecule has 0 aliphatic heterocycles. The minimum atomic E-state index is -1.20. The lowest BCUT2D eigenvalue weighted by molar-refractivity contribution is -0.0226. The lowest BCUT2D eigenvalue weighted by Crippen LogP contribution is -2.40. The summed E-state index contributed by atoms with van der Waals surface area (Å²) in [7, 11) is 0. The van der Waals surface area contributed by atoms with Crippen LogP contribution in [0, 0.1) is 11.7 Å². The van der Waals surface area contributed by atoms with Crippen LogP contribution < -0.4 is 0 Å². The topological polar surface area (TPSA) is 20.2 Å². The number of hydrogen-bond donors (Lipinski definition) is 1. The van der Waals surface area contributed by atoms with Gasteiger partial charge in [-0.1, -0.05) is 55.0 Å². The van der Waals surface area contributed by atoms with E-state index >= 15 is 0 Å². The Morgan fingerprint density at radius 1 is 0.947 bits per heavy atom. The molecule has 1 atom stereocenters. The summed E-state index contributed by atoms with van der Waals surface area (Å²) in [5.74, 6) is -0.229. The Morgan fingerprint density at radius 2 is 1.58 bits per heavy atom. The standard InChI is InChI=1S/C17H17FO/c18-16-12-5-4-11-15(16)17(19,14-9-6-10-14)13-7-2-1-3-8-13/h1-5,7-8,11-12,14,19H,6,9-10H2. The Balaban J connectivity index is 2.15. The summed E-state index contributed by atoms with van der Waals surface area (Å²) in [6, 6.07) is 16.0. The third-order valence-electron chi connectivity index (χ3n) is 4.19. The van der Waals surface area contributed by atoms with E-state index < -0.39 is 5.60 Å². The van der Waals surface area contributed by atoms with Gasteiger partial charge in [0, 0.05) is 5.56 Å². The molecule has 1 fully saturated rings. The molecule has 2 aromatic carbocycles. The summed E-state index contributed by atoms with van der Waals surface area (Å²) in [6.07, 6.45) is 2.99. The van der Waals surface area contributed by atoms with Crippen LogP contribution in [-0.2, 0) is 5.60 Å². The molecule has 0 spiro atoms. The minimum Gasteiger partial charge on any atom is -0.380 e. The molecule has 0 saturated heterocycles. The summed E-state index contributed by atoms with van der Waals surface area (Å²) in [5, 5.41) is 11.2. The fourth-order valence-electron chi connectivity index (χ4n) is 2.90. The smallest absolute Gasteiger partial charge is 0.129 e. The van der Waals surface area contributed by atoms with Crippen LogP contribution in [0.5, 0.6) is 0 Å². The Bertz CT molecular complexity index is 562. The van der Waals surface area contributed by atoms with Gasteiger partial charge in [0.2, 0.25) is 0 Å². The lowest BCUT2D eigenvalue weighted by Gasteiger charge is -2.42. The van der Waals surface area contributed by atoms with Crippen LogP contribution in [0.2, 0.25) is 0 Å².